The number of ether oxygens (including phenoxy) is 1. The van der Waals surface area contributed by atoms with Gasteiger partial charge < -0.3 is 10.1 Å². The highest BCUT2D eigenvalue weighted by molar-refractivity contribution is 6.36. The zero-order chi connectivity index (χ0) is 21.1. The molecule has 29 heavy (non-hydrogen) atoms. The third-order valence-corrected chi connectivity index (χ3v) is 4.55. The van der Waals surface area contributed by atoms with Crippen molar-refractivity contribution in [2.24, 2.45) is 5.92 Å². The number of rotatable bonds is 7. The van der Waals surface area contributed by atoms with Crippen molar-refractivity contribution in [2.75, 3.05) is 11.9 Å². The fraction of sp³-hybridized carbons (Fsp3) is 0.333. The molecular formula is C24H28N2O3. The first-order valence-corrected chi connectivity index (χ1v) is 9.97. The molecule has 152 valence electrons. The maximum atomic E-state index is 13.1. The molecule has 0 atom stereocenters. The van der Waals surface area contributed by atoms with Gasteiger partial charge in [-0.05, 0) is 56.5 Å². The van der Waals surface area contributed by atoms with Crippen LogP contribution >= 0.6 is 0 Å². The number of imide groups is 1. The van der Waals surface area contributed by atoms with E-state index in [-0.39, 0.29) is 23.8 Å². The number of nitrogens with one attached hydrogen (secondary N) is 1. The van der Waals surface area contributed by atoms with Crippen molar-refractivity contribution in [3.63, 3.8) is 0 Å². The zero-order valence-corrected chi connectivity index (χ0v) is 17.7. The Kier molecular flexibility index (Phi) is 6.06. The molecule has 1 aliphatic rings. The highest BCUT2D eigenvalue weighted by Crippen LogP contribution is 2.31. The van der Waals surface area contributed by atoms with Crippen LogP contribution < -0.4 is 10.1 Å². The minimum absolute atomic E-state index is 0.0864. The highest BCUT2D eigenvalue weighted by atomic mass is 16.5. The number of hydrogen-bond donors (Lipinski definition) is 1. The quantitative estimate of drug-likeness (QED) is 0.698. The maximum absolute atomic E-state index is 13.1. The summed E-state index contributed by atoms with van der Waals surface area (Å²) in [5.74, 6) is 0.402. The molecule has 2 aromatic rings. The minimum atomic E-state index is -0.290. The topological polar surface area (TPSA) is 58.6 Å². The van der Waals surface area contributed by atoms with Gasteiger partial charge in [-0.1, -0.05) is 43.7 Å². The summed E-state index contributed by atoms with van der Waals surface area (Å²) >= 11 is 0. The predicted octanol–water partition coefficient (Wildman–Crippen LogP) is 4.63. The second kappa shape index (κ2) is 8.52. The van der Waals surface area contributed by atoms with Crippen molar-refractivity contribution < 1.29 is 14.3 Å². The molecule has 0 saturated heterocycles. The number of aryl methyl sites for hydroxylation is 1. The van der Waals surface area contributed by atoms with Crippen molar-refractivity contribution in [2.45, 2.75) is 40.7 Å². The Morgan fingerprint density at radius 3 is 2.07 bits per heavy atom. The van der Waals surface area contributed by atoms with Crippen LogP contribution in [-0.2, 0) is 9.59 Å². The first kappa shape index (κ1) is 20.6. The largest absolute Gasteiger partial charge is 0.491 e. The van der Waals surface area contributed by atoms with E-state index in [4.69, 9.17) is 4.74 Å². The number of nitrogens with zero attached hydrogens (tertiary/aromatic N) is 1. The molecule has 2 amide bonds. The molecule has 1 heterocycles. The third kappa shape index (κ3) is 4.67. The molecule has 1 aliphatic heterocycles. The van der Waals surface area contributed by atoms with Gasteiger partial charge in [0.05, 0.1) is 11.7 Å². The fourth-order valence-electron chi connectivity index (χ4n) is 3.24. The van der Waals surface area contributed by atoms with E-state index in [0.717, 1.165) is 22.6 Å². The van der Waals surface area contributed by atoms with Crippen molar-refractivity contribution in [3.8, 4) is 5.75 Å². The van der Waals surface area contributed by atoms with Crippen LogP contribution in [0.15, 0.2) is 54.2 Å². The molecule has 0 saturated carbocycles. The van der Waals surface area contributed by atoms with Gasteiger partial charge in [-0.2, -0.15) is 0 Å². The first-order valence-electron chi connectivity index (χ1n) is 9.97. The van der Waals surface area contributed by atoms with Crippen LogP contribution in [0.4, 0.5) is 5.69 Å². The summed E-state index contributed by atoms with van der Waals surface area (Å²) in [7, 11) is 0. The van der Waals surface area contributed by atoms with Crippen molar-refractivity contribution in [1.29, 1.82) is 0 Å². The summed E-state index contributed by atoms with van der Waals surface area (Å²) in [5, 5.41) is 3.18. The minimum Gasteiger partial charge on any atom is -0.491 e. The second-order valence-corrected chi connectivity index (χ2v) is 8.05. The Hall–Kier alpha value is -3.08. The second-order valence-electron chi connectivity index (χ2n) is 8.05. The van der Waals surface area contributed by atoms with Gasteiger partial charge in [-0.3, -0.25) is 14.5 Å². The van der Waals surface area contributed by atoms with Gasteiger partial charge in [0.15, 0.2) is 0 Å². The van der Waals surface area contributed by atoms with Gasteiger partial charge in [-0.15, -0.1) is 0 Å². The van der Waals surface area contributed by atoms with Crippen molar-refractivity contribution >= 4 is 23.1 Å². The van der Waals surface area contributed by atoms with Gasteiger partial charge in [-0.25, -0.2) is 0 Å². The normalized spacial score (nSPS) is 14.4. The maximum Gasteiger partial charge on any atom is 0.278 e. The van der Waals surface area contributed by atoms with Gasteiger partial charge >= 0.3 is 0 Å². The third-order valence-electron chi connectivity index (χ3n) is 4.55. The van der Waals surface area contributed by atoms with Gasteiger partial charge in [0, 0.05) is 12.2 Å². The van der Waals surface area contributed by atoms with E-state index in [2.05, 4.69) is 5.32 Å². The number of benzene rings is 2. The average molecular weight is 392 g/mol. The van der Waals surface area contributed by atoms with E-state index < -0.39 is 0 Å². The molecule has 3 rings (SSSR count). The van der Waals surface area contributed by atoms with E-state index in [9.17, 15) is 9.59 Å². The van der Waals surface area contributed by atoms with E-state index >= 15 is 0 Å². The highest BCUT2D eigenvalue weighted by Gasteiger charge is 2.39. The molecule has 0 unspecified atom stereocenters. The molecule has 0 fully saturated rings. The lowest BCUT2D eigenvalue weighted by Gasteiger charge is -2.17. The van der Waals surface area contributed by atoms with E-state index in [0.29, 0.717) is 17.8 Å². The van der Waals surface area contributed by atoms with Gasteiger partial charge in [0.25, 0.3) is 11.8 Å². The van der Waals surface area contributed by atoms with Crippen molar-refractivity contribution in [1.82, 2.24) is 4.90 Å². The molecule has 5 heteroatoms. The molecule has 0 bridgehead atoms. The molecule has 0 spiro atoms. The van der Waals surface area contributed by atoms with Crippen LogP contribution in [0.2, 0.25) is 0 Å². The summed E-state index contributed by atoms with van der Waals surface area (Å²) in [6.07, 6.45) is 0.0864. The molecule has 1 N–H and O–H groups in total. The fourth-order valence-corrected chi connectivity index (χ4v) is 3.24. The summed E-state index contributed by atoms with van der Waals surface area (Å²) in [6, 6.07) is 15.1. The molecule has 2 aromatic carbocycles. The van der Waals surface area contributed by atoms with Crippen LogP contribution in [0.1, 0.15) is 38.8 Å². The number of amides is 2. The number of carbonyl (C=O) groups excluding carboxylic acids is 2. The predicted molar refractivity (Wildman–Crippen MR) is 115 cm³/mol. The lowest BCUT2D eigenvalue weighted by molar-refractivity contribution is -0.137. The Balaban J connectivity index is 1.96. The zero-order valence-electron chi connectivity index (χ0n) is 17.7. The van der Waals surface area contributed by atoms with E-state index in [1.807, 2.05) is 83.1 Å². The number of anilines is 1. The lowest BCUT2D eigenvalue weighted by Crippen LogP contribution is -2.35. The first-order chi connectivity index (χ1) is 13.8. The van der Waals surface area contributed by atoms with Crippen LogP contribution in [0.5, 0.6) is 5.75 Å². The number of carbonyl (C=O) groups is 2. The monoisotopic (exact) mass is 392 g/mol. The smallest absolute Gasteiger partial charge is 0.278 e. The number of hydrogen-bond acceptors (Lipinski definition) is 4. The molecule has 0 aromatic heterocycles. The Morgan fingerprint density at radius 1 is 0.897 bits per heavy atom. The van der Waals surface area contributed by atoms with Gasteiger partial charge in [0.2, 0.25) is 0 Å². The summed E-state index contributed by atoms with van der Waals surface area (Å²) in [4.78, 5) is 27.5. The molecular weight excluding hydrogens is 364 g/mol. The summed E-state index contributed by atoms with van der Waals surface area (Å²) in [6.45, 7) is 10.3. The Labute approximate surface area is 172 Å². The standard InChI is InChI=1S/C24H28N2O3/c1-15(2)14-26-23(27)21(18-8-6-17(5)7-9-18)22(24(26)28)25-19-10-12-20(13-11-19)29-16(3)4/h6-13,15-16,25H,14H2,1-5H3. The van der Waals surface area contributed by atoms with Crippen LogP contribution in [0.3, 0.4) is 0 Å². The van der Waals surface area contributed by atoms with Crippen molar-refractivity contribution in [3.05, 3.63) is 65.4 Å². The van der Waals surface area contributed by atoms with E-state index in [1.54, 1.807) is 0 Å². The van der Waals surface area contributed by atoms with Crippen LogP contribution in [-0.4, -0.2) is 29.4 Å². The van der Waals surface area contributed by atoms with E-state index in [1.165, 1.54) is 4.90 Å². The molecule has 0 aliphatic carbocycles. The van der Waals surface area contributed by atoms with Crippen LogP contribution in [0, 0.1) is 12.8 Å². The summed E-state index contributed by atoms with van der Waals surface area (Å²) in [5.41, 5.74) is 3.30. The Morgan fingerprint density at radius 2 is 1.52 bits per heavy atom. The van der Waals surface area contributed by atoms with Gasteiger partial charge in [0.1, 0.15) is 11.4 Å². The Bertz CT molecular complexity index is 926. The lowest BCUT2D eigenvalue weighted by atomic mass is 10.0. The molecule has 5 nitrogen and oxygen atoms in total. The SMILES string of the molecule is Cc1ccc(C2=C(Nc3ccc(OC(C)C)cc3)C(=O)N(CC(C)C)C2=O)cc1. The van der Waals surface area contributed by atoms with Crippen LogP contribution in [0.25, 0.3) is 5.57 Å². The summed E-state index contributed by atoms with van der Waals surface area (Å²) < 4.78 is 5.67. The molecule has 0 radical (unpaired) electrons. The average Bonchev–Trinajstić information content (AvgIpc) is 2.88.